The number of piperazine rings is 1. The van der Waals surface area contributed by atoms with Crippen molar-refractivity contribution in [1.29, 1.82) is 0 Å². The molecule has 0 radical (unpaired) electrons. The van der Waals surface area contributed by atoms with E-state index in [-0.39, 0.29) is 6.03 Å². The molecule has 1 saturated heterocycles. The van der Waals surface area contributed by atoms with E-state index in [0.29, 0.717) is 23.0 Å². The SMILES string of the molecule is O=C1Nc2ccccc2-c2nc(Nc3ccc(N4CCNCC4)nc3)ncc2N1. The number of urea groups is 1. The summed E-state index contributed by atoms with van der Waals surface area (Å²) in [4.78, 5) is 27.8. The third kappa shape index (κ3) is 3.55. The van der Waals surface area contributed by atoms with Gasteiger partial charge in [-0.25, -0.2) is 19.7 Å². The van der Waals surface area contributed by atoms with Gasteiger partial charge in [-0.15, -0.1) is 0 Å². The lowest BCUT2D eigenvalue weighted by molar-refractivity contribution is 0.262. The Bertz CT molecular complexity index is 1050. The van der Waals surface area contributed by atoms with E-state index < -0.39 is 0 Å². The van der Waals surface area contributed by atoms with Crippen molar-refractivity contribution in [2.45, 2.75) is 0 Å². The quantitative estimate of drug-likeness (QED) is 0.546. The van der Waals surface area contributed by atoms with Crippen LogP contribution in [0, 0.1) is 0 Å². The number of nitrogens with one attached hydrogen (secondary N) is 4. The number of amides is 2. The van der Waals surface area contributed by atoms with Gasteiger partial charge in [0, 0.05) is 31.7 Å². The molecule has 3 aromatic rings. The zero-order valence-corrected chi connectivity index (χ0v) is 15.6. The largest absolute Gasteiger partial charge is 0.354 e. The first-order valence-corrected chi connectivity index (χ1v) is 9.49. The van der Waals surface area contributed by atoms with Gasteiger partial charge in [-0.2, -0.15) is 0 Å². The first-order chi connectivity index (χ1) is 14.3. The number of carbonyl (C=O) groups is 1. The van der Waals surface area contributed by atoms with Crippen LogP contribution in [-0.2, 0) is 0 Å². The maximum Gasteiger partial charge on any atom is 0.323 e. The molecule has 0 spiro atoms. The van der Waals surface area contributed by atoms with Gasteiger partial charge in [0.2, 0.25) is 5.95 Å². The summed E-state index contributed by atoms with van der Waals surface area (Å²) in [6.07, 6.45) is 3.39. The van der Waals surface area contributed by atoms with E-state index in [9.17, 15) is 4.79 Å². The van der Waals surface area contributed by atoms with Crippen molar-refractivity contribution in [3.63, 3.8) is 0 Å². The van der Waals surface area contributed by atoms with E-state index in [1.54, 1.807) is 12.4 Å². The number of pyridine rings is 1. The molecule has 29 heavy (non-hydrogen) atoms. The van der Waals surface area contributed by atoms with E-state index in [2.05, 4.69) is 41.1 Å². The molecule has 9 heteroatoms. The number of anilines is 5. The molecule has 1 fully saturated rings. The molecule has 0 aliphatic carbocycles. The summed E-state index contributed by atoms with van der Waals surface area (Å²) in [6, 6.07) is 11.2. The van der Waals surface area contributed by atoms with Crippen LogP contribution in [0.15, 0.2) is 48.8 Å². The monoisotopic (exact) mass is 388 g/mol. The molecular formula is C20H20N8O. The van der Waals surface area contributed by atoms with Crippen LogP contribution in [0.25, 0.3) is 11.3 Å². The Kier molecular flexibility index (Phi) is 4.41. The van der Waals surface area contributed by atoms with Crippen molar-refractivity contribution in [2.75, 3.05) is 47.0 Å². The number of rotatable bonds is 3. The molecule has 2 aromatic heterocycles. The first-order valence-electron chi connectivity index (χ1n) is 9.49. The molecule has 0 saturated carbocycles. The molecule has 4 N–H and O–H groups in total. The van der Waals surface area contributed by atoms with Gasteiger partial charge < -0.3 is 26.2 Å². The van der Waals surface area contributed by atoms with Crippen LogP contribution < -0.4 is 26.2 Å². The number of para-hydroxylation sites is 1. The molecule has 146 valence electrons. The van der Waals surface area contributed by atoms with Crippen LogP contribution in [0.2, 0.25) is 0 Å². The van der Waals surface area contributed by atoms with Crippen LogP contribution in [-0.4, -0.2) is 47.2 Å². The summed E-state index contributed by atoms with van der Waals surface area (Å²) in [5.41, 5.74) is 3.55. The van der Waals surface area contributed by atoms with Gasteiger partial charge in [-0.1, -0.05) is 18.2 Å². The number of hydrogen-bond acceptors (Lipinski definition) is 7. The fourth-order valence-electron chi connectivity index (χ4n) is 3.48. The highest BCUT2D eigenvalue weighted by atomic mass is 16.2. The minimum Gasteiger partial charge on any atom is -0.354 e. The lowest BCUT2D eigenvalue weighted by Gasteiger charge is -2.28. The lowest BCUT2D eigenvalue weighted by atomic mass is 10.1. The molecule has 4 heterocycles. The summed E-state index contributed by atoms with van der Waals surface area (Å²) in [5.74, 6) is 1.40. The van der Waals surface area contributed by atoms with E-state index in [0.717, 1.165) is 43.2 Å². The maximum atomic E-state index is 12.0. The van der Waals surface area contributed by atoms with Gasteiger partial charge in [0.25, 0.3) is 0 Å². The number of hydrogen-bond donors (Lipinski definition) is 4. The summed E-state index contributed by atoms with van der Waals surface area (Å²) in [6.45, 7) is 3.84. The van der Waals surface area contributed by atoms with Crippen molar-refractivity contribution < 1.29 is 4.79 Å². The normalized spacial score (nSPS) is 15.4. The smallest absolute Gasteiger partial charge is 0.323 e. The Morgan fingerprint density at radius 1 is 0.931 bits per heavy atom. The Hall–Kier alpha value is -3.72. The van der Waals surface area contributed by atoms with Gasteiger partial charge >= 0.3 is 6.03 Å². The summed E-state index contributed by atoms with van der Waals surface area (Å²) in [7, 11) is 0. The van der Waals surface area contributed by atoms with Gasteiger partial charge in [-0.05, 0) is 18.2 Å². The van der Waals surface area contributed by atoms with Crippen LogP contribution in [0.5, 0.6) is 0 Å². The second-order valence-electron chi connectivity index (χ2n) is 6.85. The summed E-state index contributed by atoms with van der Waals surface area (Å²) in [5, 5.41) is 12.1. The molecule has 0 atom stereocenters. The Morgan fingerprint density at radius 3 is 2.59 bits per heavy atom. The van der Waals surface area contributed by atoms with E-state index in [1.165, 1.54) is 0 Å². The van der Waals surface area contributed by atoms with Gasteiger partial charge in [0.15, 0.2) is 0 Å². The Labute approximate surface area is 167 Å². The zero-order chi connectivity index (χ0) is 19.6. The topological polar surface area (TPSA) is 107 Å². The van der Waals surface area contributed by atoms with Crippen LogP contribution in [0.3, 0.4) is 0 Å². The van der Waals surface area contributed by atoms with Crippen molar-refractivity contribution in [3.8, 4) is 11.3 Å². The molecular weight excluding hydrogens is 368 g/mol. The molecule has 1 aromatic carbocycles. The summed E-state index contributed by atoms with van der Waals surface area (Å²) >= 11 is 0. The molecule has 0 unspecified atom stereocenters. The predicted octanol–water partition coefficient (Wildman–Crippen LogP) is 2.65. The van der Waals surface area contributed by atoms with Crippen LogP contribution >= 0.6 is 0 Å². The summed E-state index contributed by atoms with van der Waals surface area (Å²) < 4.78 is 0. The molecule has 2 aliphatic heterocycles. The molecule has 9 nitrogen and oxygen atoms in total. The highest BCUT2D eigenvalue weighted by Crippen LogP contribution is 2.35. The van der Waals surface area contributed by atoms with E-state index in [1.807, 2.05) is 36.4 Å². The van der Waals surface area contributed by atoms with E-state index in [4.69, 9.17) is 0 Å². The fraction of sp³-hybridized carbons (Fsp3) is 0.200. The predicted molar refractivity (Wildman–Crippen MR) is 113 cm³/mol. The molecule has 2 amide bonds. The fourth-order valence-corrected chi connectivity index (χ4v) is 3.48. The molecule has 2 aliphatic rings. The van der Waals surface area contributed by atoms with Crippen LogP contribution in [0.1, 0.15) is 0 Å². The maximum absolute atomic E-state index is 12.0. The second kappa shape index (κ2) is 7.36. The number of aromatic nitrogens is 3. The number of fused-ring (bicyclic) bond motifs is 3. The Morgan fingerprint density at radius 2 is 1.76 bits per heavy atom. The third-order valence-corrected chi connectivity index (χ3v) is 4.91. The van der Waals surface area contributed by atoms with Gasteiger partial charge in [-0.3, -0.25) is 0 Å². The number of nitrogens with zero attached hydrogens (tertiary/aromatic N) is 4. The van der Waals surface area contributed by atoms with Gasteiger partial charge in [0.1, 0.15) is 11.5 Å². The molecule has 0 bridgehead atoms. The van der Waals surface area contributed by atoms with Crippen molar-refractivity contribution in [2.24, 2.45) is 0 Å². The first kappa shape index (κ1) is 17.4. The van der Waals surface area contributed by atoms with Crippen molar-refractivity contribution in [1.82, 2.24) is 20.3 Å². The zero-order valence-electron chi connectivity index (χ0n) is 15.6. The van der Waals surface area contributed by atoms with Gasteiger partial charge in [0.05, 0.1) is 29.5 Å². The van der Waals surface area contributed by atoms with Crippen molar-refractivity contribution >= 4 is 34.9 Å². The van der Waals surface area contributed by atoms with E-state index >= 15 is 0 Å². The van der Waals surface area contributed by atoms with Crippen molar-refractivity contribution in [3.05, 3.63) is 48.8 Å². The van der Waals surface area contributed by atoms with Crippen LogP contribution in [0.4, 0.5) is 33.6 Å². The average molecular weight is 388 g/mol. The minimum atomic E-state index is -0.312. The number of carbonyl (C=O) groups excluding carboxylic acids is 1. The average Bonchev–Trinajstić information content (AvgIpc) is 2.90. The second-order valence-corrected chi connectivity index (χ2v) is 6.85. The highest BCUT2D eigenvalue weighted by molar-refractivity contribution is 6.07. The lowest BCUT2D eigenvalue weighted by Crippen LogP contribution is -2.43. The molecule has 5 rings (SSSR count). The third-order valence-electron chi connectivity index (χ3n) is 4.91. The highest BCUT2D eigenvalue weighted by Gasteiger charge is 2.20. The minimum absolute atomic E-state index is 0.312. The Balaban J connectivity index is 1.41. The number of benzene rings is 1. The standard InChI is InChI=1S/C20H20N8O/c29-20-25-15-4-2-1-3-14(15)18-16(26-20)12-23-19(27-18)24-13-5-6-17(22-11-13)28-9-7-21-8-10-28/h1-6,11-12,21H,7-10H2,(H,23,24,27)(H2,25,26,29).